The fraction of sp³-hybridized carbons (Fsp3) is 0.500. The van der Waals surface area contributed by atoms with Gasteiger partial charge in [-0.3, -0.25) is 4.79 Å². The molecule has 1 aliphatic heterocycles. The number of rotatable bonds is 1. The maximum Gasteiger partial charge on any atom is 0.219 e. The smallest absolute Gasteiger partial charge is 0.219 e. The molecule has 0 spiro atoms. The number of amides is 1. The van der Waals surface area contributed by atoms with E-state index in [0.29, 0.717) is 5.92 Å². The summed E-state index contributed by atoms with van der Waals surface area (Å²) in [6.07, 6.45) is 2.03. The van der Waals surface area contributed by atoms with Crippen molar-refractivity contribution < 1.29 is 4.79 Å². The van der Waals surface area contributed by atoms with E-state index in [1.807, 2.05) is 17.0 Å². The minimum atomic E-state index is 0.181. The average Bonchev–Trinajstić information content (AvgIpc) is 2.29. The van der Waals surface area contributed by atoms with Gasteiger partial charge in [0.15, 0.2) is 0 Å². The highest BCUT2D eigenvalue weighted by Gasteiger charge is 2.22. The summed E-state index contributed by atoms with van der Waals surface area (Å²) in [4.78, 5) is 17.6. The van der Waals surface area contributed by atoms with Gasteiger partial charge in [-0.05, 0) is 40.9 Å². The number of carbonyl (C=O) groups is 1. The maximum absolute atomic E-state index is 11.2. The summed E-state index contributed by atoms with van der Waals surface area (Å²) in [6.45, 7) is 3.35. The van der Waals surface area contributed by atoms with E-state index in [1.54, 1.807) is 6.92 Å². The van der Waals surface area contributed by atoms with Crippen molar-refractivity contribution in [1.29, 1.82) is 0 Å². The van der Waals surface area contributed by atoms with Crippen molar-refractivity contribution in [2.45, 2.75) is 25.7 Å². The van der Waals surface area contributed by atoms with Crippen LogP contribution in [0.25, 0.3) is 0 Å². The van der Waals surface area contributed by atoms with E-state index >= 15 is 0 Å². The Morgan fingerprint density at radius 2 is 2.12 bits per heavy atom. The molecule has 86 valence electrons. The van der Waals surface area contributed by atoms with Crippen LogP contribution in [0.5, 0.6) is 0 Å². The normalized spacial score (nSPS) is 17.5. The van der Waals surface area contributed by atoms with Crippen molar-refractivity contribution >= 4 is 21.8 Å². The van der Waals surface area contributed by atoms with Gasteiger partial charge in [0.25, 0.3) is 0 Å². The first kappa shape index (κ1) is 11.6. The highest BCUT2D eigenvalue weighted by Crippen LogP contribution is 2.27. The number of piperidine rings is 1. The van der Waals surface area contributed by atoms with Gasteiger partial charge in [-0.15, -0.1) is 0 Å². The minimum absolute atomic E-state index is 0.181. The zero-order valence-corrected chi connectivity index (χ0v) is 10.9. The Labute approximate surface area is 104 Å². The third-order valence-corrected chi connectivity index (χ3v) is 3.54. The Kier molecular flexibility index (Phi) is 3.59. The van der Waals surface area contributed by atoms with Gasteiger partial charge in [0.1, 0.15) is 4.60 Å². The van der Waals surface area contributed by atoms with Crippen molar-refractivity contribution in [2.24, 2.45) is 0 Å². The molecule has 0 bridgehead atoms. The van der Waals surface area contributed by atoms with E-state index in [0.717, 1.165) is 36.2 Å². The molecule has 4 heteroatoms. The molecule has 1 aromatic heterocycles. The average molecular weight is 283 g/mol. The summed E-state index contributed by atoms with van der Waals surface area (Å²) < 4.78 is 0.888. The largest absolute Gasteiger partial charge is 0.343 e. The number of halogens is 1. The molecule has 1 aromatic rings. The number of aromatic nitrogens is 1. The van der Waals surface area contributed by atoms with Gasteiger partial charge in [-0.25, -0.2) is 4.98 Å². The molecule has 1 amide bonds. The molecule has 0 aliphatic carbocycles. The fourth-order valence-electron chi connectivity index (χ4n) is 2.14. The molecule has 2 heterocycles. The van der Waals surface area contributed by atoms with Gasteiger partial charge in [0.05, 0.1) is 0 Å². The van der Waals surface area contributed by atoms with Crippen LogP contribution in [-0.4, -0.2) is 28.9 Å². The minimum Gasteiger partial charge on any atom is -0.343 e. The molecule has 0 aromatic carbocycles. The third kappa shape index (κ3) is 2.61. The molecule has 1 fully saturated rings. The number of hydrogen-bond donors (Lipinski definition) is 0. The molecule has 1 aliphatic rings. The molecule has 0 unspecified atom stereocenters. The van der Waals surface area contributed by atoms with Gasteiger partial charge in [-0.1, -0.05) is 6.07 Å². The molecule has 2 rings (SSSR count). The van der Waals surface area contributed by atoms with Crippen molar-refractivity contribution in [1.82, 2.24) is 9.88 Å². The van der Waals surface area contributed by atoms with Gasteiger partial charge >= 0.3 is 0 Å². The molecule has 0 saturated carbocycles. The monoisotopic (exact) mass is 282 g/mol. The zero-order valence-electron chi connectivity index (χ0n) is 9.32. The van der Waals surface area contributed by atoms with Gasteiger partial charge in [-0.2, -0.15) is 0 Å². The lowest BCUT2D eigenvalue weighted by atomic mass is 9.93. The lowest BCUT2D eigenvalue weighted by Crippen LogP contribution is -2.36. The van der Waals surface area contributed by atoms with Crippen LogP contribution in [0.2, 0.25) is 0 Å². The number of carbonyl (C=O) groups excluding carboxylic acids is 1. The lowest BCUT2D eigenvalue weighted by Gasteiger charge is -2.30. The summed E-state index contributed by atoms with van der Waals surface area (Å²) >= 11 is 3.39. The standard InChI is InChI=1S/C12H15BrN2O/c1-9(16)15-7-5-10(6-8-15)11-3-2-4-12(13)14-11/h2-4,10H,5-8H2,1H3. The summed E-state index contributed by atoms with van der Waals surface area (Å²) in [5.74, 6) is 0.675. The van der Waals surface area contributed by atoms with Crippen molar-refractivity contribution in [3.63, 3.8) is 0 Å². The first-order valence-electron chi connectivity index (χ1n) is 5.55. The molecular weight excluding hydrogens is 268 g/mol. The van der Waals surface area contributed by atoms with E-state index < -0.39 is 0 Å². The van der Waals surface area contributed by atoms with Crippen LogP contribution in [0, 0.1) is 0 Å². The Balaban J connectivity index is 2.01. The number of hydrogen-bond acceptors (Lipinski definition) is 2. The second-order valence-corrected chi connectivity index (χ2v) is 4.98. The van der Waals surface area contributed by atoms with Crippen LogP contribution >= 0.6 is 15.9 Å². The van der Waals surface area contributed by atoms with Gasteiger partial charge in [0, 0.05) is 31.6 Å². The van der Waals surface area contributed by atoms with Crippen LogP contribution in [0.15, 0.2) is 22.8 Å². The number of likely N-dealkylation sites (tertiary alicyclic amines) is 1. The first-order chi connectivity index (χ1) is 7.66. The van der Waals surface area contributed by atoms with E-state index in [9.17, 15) is 4.79 Å². The first-order valence-corrected chi connectivity index (χ1v) is 6.34. The summed E-state index contributed by atoms with van der Waals surface area (Å²) in [5.41, 5.74) is 1.14. The maximum atomic E-state index is 11.2. The molecule has 1 saturated heterocycles. The Morgan fingerprint density at radius 3 is 2.69 bits per heavy atom. The Bertz CT molecular complexity index is 386. The van der Waals surface area contributed by atoms with E-state index in [2.05, 4.69) is 27.0 Å². The summed E-state index contributed by atoms with van der Waals surface area (Å²) in [5, 5.41) is 0. The fourth-order valence-corrected chi connectivity index (χ4v) is 2.50. The summed E-state index contributed by atoms with van der Waals surface area (Å²) in [7, 11) is 0. The molecule has 0 atom stereocenters. The molecule has 0 N–H and O–H groups in total. The molecule has 3 nitrogen and oxygen atoms in total. The second-order valence-electron chi connectivity index (χ2n) is 4.17. The second kappa shape index (κ2) is 4.95. The van der Waals surface area contributed by atoms with E-state index in [-0.39, 0.29) is 5.91 Å². The van der Waals surface area contributed by atoms with Crippen LogP contribution in [0.3, 0.4) is 0 Å². The van der Waals surface area contributed by atoms with Crippen LogP contribution in [-0.2, 0) is 4.79 Å². The highest BCUT2D eigenvalue weighted by molar-refractivity contribution is 9.10. The van der Waals surface area contributed by atoms with Crippen LogP contribution in [0.1, 0.15) is 31.4 Å². The molecule has 0 radical (unpaired) electrons. The van der Waals surface area contributed by atoms with Gasteiger partial charge in [0.2, 0.25) is 5.91 Å². The number of nitrogens with zero attached hydrogens (tertiary/aromatic N) is 2. The predicted octanol–water partition coefficient (Wildman–Crippen LogP) is 2.57. The van der Waals surface area contributed by atoms with E-state index in [1.165, 1.54) is 0 Å². The van der Waals surface area contributed by atoms with Crippen molar-refractivity contribution in [2.75, 3.05) is 13.1 Å². The molecule has 16 heavy (non-hydrogen) atoms. The quantitative estimate of drug-likeness (QED) is 0.742. The van der Waals surface area contributed by atoms with Crippen LogP contribution < -0.4 is 0 Å². The number of pyridine rings is 1. The van der Waals surface area contributed by atoms with E-state index in [4.69, 9.17) is 0 Å². The molecular formula is C12H15BrN2O. The zero-order chi connectivity index (χ0) is 11.5. The van der Waals surface area contributed by atoms with Gasteiger partial charge < -0.3 is 4.90 Å². The van der Waals surface area contributed by atoms with Crippen molar-refractivity contribution in [3.05, 3.63) is 28.5 Å². The van der Waals surface area contributed by atoms with Crippen LogP contribution in [0.4, 0.5) is 0 Å². The summed E-state index contributed by atoms with van der Waals surface area (Å²) in [6, 6.07) is 6.02. The van der Waals surface area contributed by atoms with Crippen molar-refractivity contribution in [3.8, 4) is 0 Å². The predicted molar refractivity (Wildman–Crippen MR) is 66.2 cm³/mol. The Morgan fingerprint density at radius 1 is 1.44 bits per heavy atom. The SMILES string of the molecule is CC(=O)N1CCC(c2cccc(Br)n2)CC1. The lowest BCUT2D eigenvalue weighted by molar-refractivity contribution is -0.129. The highest BCUT2D eigenvalue weighted by atomic mass is 79.9. The topological polar surface area (TPSA) is 33.2 Å². The third-order valence-electron chi connectivity index (χ3n) is 3.10. The Hall–Kier alpha value is -0.900.